The second-order valence-electron chi connectivity index (χ2n) is 7.75. The molecule has 0 saturated carbocycles. The highest BCUT2D eigenvalue weighted by molar-refractivity contribution is 6.13. The van der Waals surface area contributed by atoms with Crippen molar-refractivity contribution in [3.63, 3.8) is 0 Å². The summed E-state index contributed by atoms with van der Waals surface area (Å²) >= 11 is 0. The lowest BCUT2D eigenvalue weighted by Crippen LogP contribution is -2.33. The quantitative estimate of drug-likeness (QED) is 0.723. The van der Waals surface area contributed by atoms with Crippen LogP contribution in [0, 0.1) is 0 Å². The molecule has 1 aromatic heterocycles. The lowest BCUT2D eigenvalue weighted by atomic mass is 10.0. The fourth-order valence-electron chi connectivity index (χ4n) is 3.99. The number of benzene rings is 2. The Morgan fingerprint density at radius 1 is 0.933 bits per heavy atom. The van der Waals surface area contributed by atoms with Crippen LogP contribution in [-0.2, 0) is 7.05 Å². The molecule has 0 unspecified atom stereocenters. The predicted molar refractivity (Wildman–Crippen MR) is 118 cm³/mol. The van der Waals surface area contributed by atoms with Gasteiger partial charge < -0.3 is 14.8 Å². The summed E-state index contributed by atoms with van der Waals surface area (Å²) in [4.78, 5) is 40.4. The Morgan fingerprint density at radius 3 is 2.40 bits per heavy atom. The van der Waals surface area contributed by atoms with Crippen LogP contribution in [0.4, 0.5) is 5.69 Å². The van der Waals surface area contributed by atoms with Crippen LogP contribution in [0.3, 0.4) is 0 Å². The number of anilines is 1. The van der Waals surface area contributed by atoms with Gasteiger partial charge in [-0.25, -0.2) is 0 Å². The number of aryl methyl sites for hydroxylation is 1. The van der Waals surface area contributed by atoms with Crippen molar-refractivity contribution in [2.75, 3.05) is 18.4 Å². The highest BCUT2D eigenvalue weighted by atomic mass is 16.2. The van der Waals surface area contributed by atoms with Crippen LogP contribution >= 0.6 is 0 Å². The lowest BCUT2D eigenvalue weighted by Gasteiger charge is -2.21. The fourth-order valence-corrected chi connectivity index (χ4v) is 3.99. The molecule has 30 heavy (non-hydrogen) atoms. The third-order valence-corrected chi connectivity index (χ3v) is 5.61. The molecule has 0 bridgehead atoms. The van der Waals surface area contributed by atoms with E-state index in [4.69, 9.17) is 0 Å². The zero-order chi connectivity index (χ0) is 21.1. The molecule has 2 aromatic carbocycles. The first kappa shape index (κ1) is 19.9. The van der Waals surface area contributed by atoms with Gasteiger partial charge in [0.1, 0.15) is 5.69 Å². The van der Waals surface area contributed by atoms with E-state index in [0.29, 0.717) is 11.1 Å². The van der Waals surface area contributed by atoms with E-state index in [1.54, 1.807) is 19.3 Å². The van der Waals surface area contributed by atoms with E-state index < -0.39 is 0 Å². The second-order valence-corrected chi connectivity index (χ2v) is 7.75. The van der Waals surface area contributed by atoms with E-state index in [1.807, 2.05) is 41.3 Å². The van der Waals surface area contributed by atoms with Crippen molar-refractivity contribution in [1.82, 2.24) is 9.47 Å². The lowest BCUT2D eigenvalue weighted by molar-refractivity contribution is 0.0760. The van der Waals surface area contributed by atoms with Crippen LogP contribution in [0.2, 0.25) is 0 Å². The van der Waals surface area contributed by atoms with Gasteiger partial charge in [-0.3, -0.25) is 14.4 Å². The first-order valence-electron chi connectivity index (χ1n) is 10.3. The maximum atomic E-state index is 13.0. The molecule has 3 aromatic rings. The normalized spacial score (nSPS) is 14.4. The van der Waals surface area contributed by atoms with Crippen molar-refractivity contribution in [3.05, 3.63) is 76.2 Å². The van der Waals surface area contributed by atoms with Gasteiger partial charge in [0, 0.05) is 31.9 Å². The van der Waals surface area contributed by atoms with Crippen LogP contribution in [0.1, 0.15) is 46.4 Å². The minimum Gasteiger partial charge on any atom is -0.339 e. The van der Waals surface area contributed by atoms with Crippen molar-refractivity contribution in [3.8, 4) is 0 Å². The van der Waals surface area contributed by atoms with E-state index in [0.717, 1.165) is 49.5 Å². The zero-order valence-electron chi connectivity index (χ0n) is 17.1. The molecule has 1 aliphatic heterocycles. The summed E-state index contributed by atoms with van der Waals surface area (Å²) in [6.45, 7) is 1.44. The van der Waals surface area contributed by atoms with Crippen LogP contribution in [0.15, 0.2) is 59.5 Å². The first-order chi connectivity index (χ1) is 14.5. The number of carbonyl (C=O) groups excluding carboxylic acids is 2. The van der Waals surface area contributed by atoms with Gasteiger partial charge in [-0.2, -0.15) is 0 Å². The number of likely N-dealkylation sites (tertiary alicyclic amines) is 1. The Morgan fingerprint density at radius 2 is 1.63 bits per heavy atom. The fraction of sp³-hybridized carbons (Fsp3) is 0.292. The predicted octanol–water partition coefficient (Wildman–Crippen LogP) is 3.81. The summed E-state index contributed by atoms with van der Waals surface area (Å²) < 4.78 is 1.35. The molecular formula is C24H25N3O3. The second kappa shape index (κ2) is 8.53. The molecular weight excluding hydrogens is 378 g/mol. The molecule has 2 amide bonds. The first-order valence-corrected chi connectivity index (χ1v) is 10.3. The molecule has 0 spiro atoms. The number of carbonyl (C=O) groups is 2. The van der Waals surface area contributed by atoms with Gasteiger partial charge in [-0.1, -0.05) is 49.2 Å². The average Bonchev–Trinajstić information content (AvgIpc) is 3.05. The van der Waals surface area contributed by atoms with Gasteiger partial charge in [0.25, 0.3) is 17.4 Å². The maximum absolute atomic E-state index is 13.0. The summed E-state index contributed by atoms with van der Waals surface area (Å²) in [5.41, 5.74) is 0.652. The molecule has 0 atom stereocenters. The highest BCUT2D eigenvalue weighted by Gasteiger charge is 2.20. The number of pyridine rings is 1. The Balaban J connectivity index is 1.64. The van der Waals surface area contributed by atoms with E-state index in [2.05, 4.69) is 5.32 Å². The Bertz CT molecular complexity index is 1150. The van der Waals surface area contributed by atoms with Gasteiger partial charge in [-0.15, -0.1) is 0 Å². The number of fused-ring (bicyclic) bond motifs is 1. The van der Waals surface area contributed by atoms with Crippen molar-refractivity contribution in [2.45, 2.75) is 25.7 Å². The van der Waals surface area contributed by atoms with Gasteiger partial charge in [-0.05, 0) is 35.7 Å². The third kappa shape index (κ3) is 3.99. The molecule has 0 aliphatic carbocycles. The van der Waals surface area contributed by atoms with Gasteiger partial charge >= 0.3 is 0 Å². The summed E-state index contributed by atoms with van der Waals surface area (Å²) in [6.07, 6.45) is 5.78. The molecule has 1 N–H and O–H groups in total. The smallest absolute Gasteiger partial charge is 0.274 e. The Kier molecular flexibility index (Phi) is 5.65. The topological polar surface area (TPSA) is 71.4 Å². The third-order valence-electron chi connectivity index (χ3n) is 5.61. The van der Waals surface area contributed by atoms with E-state index in [9.17, 15) is 14.4 Å². The van der Waals surface area contributed by atoms with Gasteiger partial charge in [0.2, 0.25) is 0 Å². The molecule has 154 valence electrons. The number of nitrogens with zero attached hydrogens (tertiary/aromatic N) is 2. The monoisotopic (exact) mass is 403 g/mol. The summed E-state index contributed by atoms with van der Waals surface area (Å²) in [5.74, 6) is -0.476. The van der Waals surface area contributed by atoms with Crippen LogP contribution in [-0.4, -0.2) is 34.4 Å². The molecule has 1 saturated heterocycles. The molecule has 2 heterocycles. The van der Waals surface area contributed by atoms with E-state index in [-0.39, 0.29) is 23.1 Å². The molecule has 4 rings (SSSR count). The van der Waals surface area contributed by atoms with Crippen molar-refractivity contribution in [2.24, 2.45) is 7.05 Å². The van der Waals surface area contributed by atoms with Crippen LogP contribution in [0.25, 0.3) is 10.8 Å². The van der Waals surface area contributed by atoms with Crippen molar-refractivity contribution in [1.29, 1.82) is 0 Å². The highest BCUT2D eigenvalue weighted by Crippen LogP contribution is 2.20. The Labute approximate surface area is 175 Å². The summed E-state index contributed by atoms with van der Waals surface area (Å²) in [6, 6.07) is 14.6. The van der Waals surface area contributed by atoms with Gasteiger partial charge in [0.05, 0.1) is 5.56 Å². The summed E-state index contributed by atoms with van der Waals surface area (Å²) in [7, 11) is 1.59. The number of hydrogen-bond acceptors (Lipinski definition) is 3. The van der Waals surface area contributed by atoms with Crippen molar-refractivity contribution < 1.29 is 9.59 Å². The number of nitrogens with one attached hydrogen (secondary N) is 1. The number of aromatic nitrogens is 1. The standard InChI is InChI=1S/C24H25N3O3/c1-26-16-18(23(29)27-13-6-2-3-7-14-27)15-21(24(26)30)25-22(28)20-12-8-10-17-9-4-5-11-19(17)20/h4-5,8-12,15-16H,2-3,6-7,13-14H2,1H3,(H,25,28). The number of hydrogen-bond donors (Lipinski definition) is 1. The Hall–Kier alpha value is -3.41. The van der Waals surface area contributed by atoms with E-state index >= 15 is 0 Å². The molecule has 0 radical (unpaired) electrons. The average molecular weight is 403 g/mol. The van der Waals surface area contributed by atoms with Crippen LogP contribution < -0.4 is 10.9 Å². The molecule has 1 aliphatic rings. The van der Waals surface area contributed by atoms with E-state index in [1.165, 1.54) is 10.6 Å². The minimum absolute atomic E-state index is 0.104. The van der Waals surface area contributed by atoms with Crippen molar-refractivity contribution >= 4 is 28.3 Å². The van der Waals surface area contributed by atoms with Crippen LogP contribution in [0.5, 0.6) is 0 Å². The number of rotatable bonds is 3. The SMILES string of the molecule is Cn1cc(C(=O)N2CCCCCC2)cc(NC(=O)c2cccc3ccccc23)c1=O. The minimum atomic E-state index is -0.372. The molecule has 6 heteroatoms. The summed E-state index contributed by atoms with van der Waals surface area (Å²) in [5, 5.41) is 4.49. The number of amides is 2. The maximum Gasteiger partial charge on any atom is 0.274 e. The molecule has 6 nitrogen and oxygen atoms in total. The largest absolute Gasteiger partial charge is 0.339 e. The van der Waals surface area contributed by atoms with Gasteiger partial charge in [0.15, 0.2) is 0 Å². The molecule has 1 fully saturated rings. The zero-order valence-corrected chi connectivity index (χ0v) is 17.1.